The summed E-state index contributed by atoms with van der Waals surface area (Å²) >= 11 is 3.41. The number of halogens is 1. The van der Waals surface area contributed by atoms with Crippen molar-refractivity contribution in [2.45, 2.75) is 13.0 Å². The van der Waals surface area contributed by atoms with Crippen molar-refractivity contribution in [3.05, 3.63) is 88.0 Å². The molecule has 0 unspecified atom stereocenters. The third-order valence-electron chi connectivity index (χ3n) is 4.42. The van der Waals surface area contributed by atoms with Crippen LogP contribution in [-0.2, 0) is 13.0 Å². The van der Waals surface area contributed by atoms with Gasteiger partial charge in [0.15, 0.2) is 0 Å². The van der Waals surface area contributed by atoms with Gasteiger partial charge in [0.2, 0.25) is 5.88 Å². The van der Waals surface area contributed by atoms with Crippen LogP contribution in [0.5, 0.6) is 11.6 Å². The van der Waals surface area contributed by atoms with Crippen molar-refractivity contribution in [2.75, 3.05) is 6.54 Å². The van der Waals surface area contributed by atoms with Gasteiger partial charge in [-0.2, -0.15) is 0 Å². The van der Waals surface area contributed by atoms with E-state index in [1.54, 1.807) is 18.3 Å². The Balaban J connectivity index is 1.46. The lowest BCUT2D eigenvalue weighted by Gasteiger charge is -2.28. The van der Waals surface area contributed by atoms with Crippen LogP contribution in [0.3, 0.4) is 0 Å². The number of hydrogen-bond donors (Lipinski definition) is 0. The molecule has 2 heterocycles. The number of fused-ring (bicyclic) bond motifs is 1. The smallest absolute Gasteiger partial charge is 0.255 e. The largest absolute Gasteiger partial charge is 0.439 e. The summed E-state index contributed by atoms with van der Waals surface area (Å²) in [5.41, 5.74) is 3.12. The number of ether oxygens (including phenoxy) is 1. The molecule has 1 aliphatic heterocycles. The minimum absolute atomic E-state index is 0.000934. The highest BCUT2D eigenvalue weighted by Gasteiger charge is 2.21. The maximum atomic E-state index is 12.8. The molecule has 0 N–H and O–H groups in total. The molecule has 0 saturated heterocycles. The Morgan fingerprint density at radius 2 is 1.88 bits per heavy atom. The van der Waals surface area contributed by atoms with Gasteiger partial charge in [-0.3, -0.25) is 4.79 Å². The molecular formula is C21H17BrN2O2. The predicted octanol–water partition coefficient (Wildman–Crippen LogP) is 4.83. The van der Waals surface area contributed by atoms with Gasteiger partial charge in [0.25, 0.3) is 5.91 Å². The van der Waals surface area contributed by atoms with E-state index in [4.69, 9.17) is 4.74 Å². The molecule has 0 saturated carbocycles. The van der Waals surface area contributed by atoms with Gasteiger partial charge < -0.3 is 9.64 Å². The number of carbonyl (C=O) groups is 1. The summed E-state index contributed by atoms with van der Waals surface area (Å²) in [6, 6.07) is 19.3. The number of hydrogen-bond acceptors (Lipinski definition) is 3. The number of rotatable bonds is 3. The van der Waals surface area contributed by atoms with Crippen LogP contribution in [0.1, 0.15) is 21.5 Å². The van der Waals surface area contributed by atoms with E-state index in [-0.39, 0.29) is 5.91 Å². The molecule has 0 atom stereocenters. The fourth-order valence-corrected chi connectivity index (χ4v) is 3.45. The summed E-state index contributed by atoms with van der Waals surface area (Å²) in [7, 11) is 0. The van der Waals surface area contributed by atoms with Gasteiger partial charge in [-0.25, -0.2) is 4.98 Å². The lowest BCUT2D eigenvalue weighted by Crippen LogP contribution is -2.35. The molecule has 1 aromatic heterocycles. The van der Waals surface area contributed by atoms with Crippen molar-refractivity contribution < 1.29 is 9.53 Å². The zero-order chi connectivity index (χ0) is 17.9. The molecule has 0 fully saturated rings. The van der Waals surface area contributed by atoms with Gasteiger partial charge >= 0.3 is 0 Å². The molecule has 0 spiro atoms. The molecule has 4 nitrogen and oxygen atoms in total. The Morgan fingerprint density at radius 1 is 1.04 bits per heavy atom. The van der Waals surface area contributed by atoms with Gasteiger partial charge in [0.1, 0.15) is 5.75 Å². The van der Waals surface area contributed by atoms with Crippen LogP contribution in [0.2, 0.25) is 0 Å². The SMILES string of the molecule is O=C(c1ccc(Oc2cccc(Br)c2)nc1)N1CCc2ccccc2C1. The van der Waals surface area contributed by atoms with Crippen LogP contribution in [0.15, 0.2) is 71.3 Å². The van der Waals surface area contributed by atoms with Crippen molar-refractivity contribution in [1.29, 1.82) is 0 Å². The van der Waals surface area contributed by atoms with Crippen LogP contribution in [0, 0.1) is 0 Å². The average molecular weight is 409 g/mol. The standard InChI is InChI=1S/C21H17BrN2O2/c22-18-6-3-7-19(12-18)26-20-9-8-16(13-23-20)21(25)24-11-10-15-4-1-2-5-17(15)14-24/h1-9,12-13H,10-11,14H2. The quantitative estimate of drug-likeness (QED) is 0.622. The van der Waals surface area contributed by atoms with Gasteiger partial charge in [-0.1, -0.05) is 46.3 Å². The van der Waals surface area contributed by atoms with Gasteiger partial charge in [-0.05, 0) is 41.8 Å². The van der Waals surface area contributed by atoms with Crippen LogP contribution in [0.25, 0.3) is 0 Å². The minimum atomic E-state index is 0.000934. The highest BCUT2D eigenvalue weighted by molar-refractivity contribution is 9.10. The summed E-state index contributed by atoms with van der Waals surface area (Å²) < 4.78 is 6.66. The maximum absolute atomic E-state index is 12.8. The third kappa shape index (κ3) is 3.63. The number of carbonyl (C=O) groups excluding carboxylic acids is 1. The highest BCUT2D eigenvalue weighted by Crippen LogP contribution is 2.24. The predicted molar refractivity (Wildman–Crippen MR) is 103 cm³/mol. The zero-order valence-corrected chi connectivity index (χ0v) is 15.6. The third-order valence-corrected chi connectivity index (χ3v) is 4.91. The second-order valence-electron chi connectivity index (χ2n) is 6.19. The summed E-state index contributed by atoms with van der Waals surface area (Å²) in [4.78, 5) is 18.9. The molecule has 130 valence electrons. The molecule has 1 aliphatic rings. The van der Waals surface area contributed by atoms with Crippen LogP contribution in [-0.4, -0.2) is 22.3 Å². The van der Waals surface area contributed by atoms with E-state index < -0.39 is 0 Å². The number of amides is 1. The number of nitrogens with zero attached hydrogens (tertiary/aromatic N) is 2. The fraction of sp³-hybridized carbons (Fsp3) is 0.143. The van der Waals surface area contributed by atoms with Gasteiger partial charge in [0, 0.05) is 29.8 Å². The molecule has 4 rings (SSSR count). The lowest BCUT2D eigenvalue weighted by molar-refractivity contribution is 0.0734. The minimum Gasteiger partial charge on any atom is -0.439 e. The molecule has 2 aromatic carbocycles. The fourth-order valence-electron chi connectivity index (χ4n) is 3.07. The Hall–Kier alpha value is -2.66. The second kappa shape index (κ2) is 7.30. The first-order chi connectivity index (χ1) is 12.7. The summed E-state index contributed by atoms with van der Waals surface area (Å²) in [6.45, 7) is 1.37. The molecule has 5 heteroatoms. The molecule has 3 aromatic rings. The van der Waals surface area contributed by atoms with Gasteiger partial charge in [-0.15, -0.1) is 0 Å². The first kappa shape index (κ1) is 16.8. The van der Waals surface area contributed by atoms with E-state index in [1.165, 1.54) is 11.1 Å². The molecular weight excluding hydrogens is 392 g/mol. The molecule has 0 aliphatic carbocycles. The Morgan fingerprint density at radius 3 is 2.65 bits per heavy atom. The monoisotopic (exact) mass is 408 g/mol. The second-order valence-corrected chi connectivity index (χ2v) is 7.11. The van der Waals surface area contributed by atoms with E-state index in [0.29, 0.717) is 23.7 Å². The van der Waals surface area contributed by atoms with E-state index >= 15 is 0 Å². The number of pyridine rings is 1. The van der Waals surface area contributed by atoms with E-state index in [2.05, 4.69) is 33.0 Å². The summed E-state index contributed by atoms with van der Waals surface area (Å²) in [6.07, 6.45) is 2.47. The van der Waals surface area contributed by atoms with Crippen molar-refractivity contribution >= 4 is 21.8 Å². The Labute approximate surface area is 160 Å². The first-order valence-electron chi connectivity index (χ1n) is 8.44. The van der Waals surface area contributed by atoms with Crippen molar-refractivity contribution in [3.63, 3.8) is 0 Å². The van der Waals surface area contributed by atoms with Crippen molar-refractivity contribution in [3.8, 4) is 11.6 Å². The van der Waals surface area contributed by atoms with Gasteiger partial charge in [0.05, 0.1) is 5.56 Å². The lowest BCUT2D eigenvalue weighted by atomic mass is 9.99. The summed E-state index contributed by atoms with van der Waals surface area (Å²) in [5, 5.41) is 0. The number of benzene rings is 2. The summed E-state index contributed by atoms with van der Waals surface area (Å²) in [5.74, 6) is 1.16. The maximum Gasteiger partial charge on any atom is 0.255 e. The Bertz CT molecular complexity index is 941. The Kier molecular flexibility index (Phi) is 4.71. The molecule has 0 bridgehead atoms. The molecule has 26 heavy (non-hydrogen) atoms. The van der Waals surface area contributed by atoms with E-state index in [9.17, 15) is 4.79 Å². The first-order valence-corrected chi connectivity index (χ1v) is 9.24. The average Bonchev–Trinajstić information content (AvgIpc) is 2.68. The van der Waals surface area contributed by atoms with Crippen molar-refractivity contribution in [1.82, 2.24) is 9.88 Å². The van der Waals surface area contributed by atoms with Crippen LogP contribution >= 0.6 is 15.9 Å². The van der Waals surface area contributed by atoms with Crippen LogP contribution in [0.4, 0.5) is 0 Å². The van der Waals surface area contributed by atoms with E-state index in [1.807, 2.05) is 41.3 Å². The highest BCUT2D eigenvalue weighted by atomic mass is 79.9. The molecule has 1 amide bonds. The van der Waals surface area contributed by atoms with Crippen LogP contribution < -0.4 is 4.74 Å². The zero-order valence-electron chi connectivity index (χ0n) is 14.1. The molecule has 0 radical (unpaired) electrons. The number of aromatic nitrogens is 1. The van der Waals surface area contributed by atoms with Crippen molar-refractivity contribution in [2.24, 2.45) is 0 Å². The normalized spacial score (nSPS) is 13.2. The topological polar surface area (TPSA) is 42.4 Å². The van der Waals surface area contributed by atoms with E-state index in [0.717, 1.165) is 17.4 Å².